The summed E-state index contributed by atoms with van der Waals surface area (Å²) in [5.74, 6) is 0. The second kappa shape index (κ2) is 3.17. The molecule has 0 aromatic rings. The van der Waals surface area contributed by atoms with E-state index in [9.17, 15) is 5.11 Å². The Hall–Kier alpha value is -0.340. The zero-order valence-corrected chi connectivity index (χ0v) is 6.83. The largest absolute Gasteiger partial charge is 0.390 e. The van der Waals surface area contributed by atoms with Gasteiger partial charge in [-0.15, -0.1) is 6.58 Å². The van der Waals surface area contributed by atoms with Crippen LogP contribution in [-0.4, -0.2) is 22.4 Å². The number of hydrogen-bond donors (Lipinski definition) is 2. The van der Waals surface area contributed by atoms with Crippen LogP contribution in [0.1, 0.15) is 20.8 Å². The van der Waals surface area contributed by atoms with Crippen LogP contribution in [0.5, 0.6) is 0 Å². The first-order valence-corrected chi connectivity index (χ1v) is 3.38. The van der Waals surface area contributed by atoms with Gasteiger partial charge >= 0.3 is 0 Å². The molecular formula is C8H16O2. The molecule has 0 saturated heterocycles. The first kappa shape index (κ1) is 9.66. The Bertz CT molecular complexity index is 113. The minimum Gasteiger partial charge on any atom is -0.390 e. The van der Waals surface area contributed by atoms with Crippen molar-refractivity contribution in [2.75, 3.05) is 0 Å². The van der Waals surface area contributed by atoms with E-state index in [1.54, 1.807) is 0 Å². The van der Waals surface area contributed by atoms with E-state index in [0.29, 0.717) is 0 Å². The van der Waals surface area contributed by atoms with Gasteiger partial charge in [0.15, 0.2) is 0 Å². The molecule has 2 unspecified atom stereocenters. The summed E-state index contributed by atoms with van der Waals surface area (Å²) < 4.78 is 0. The normalized spacial score (nSPS) is 18.1. The topological polar surface area (TPSA) is 40.5 Å². The van der Waals surface area contributed by atoms with Crippen LogP contribution >= 0.6 is 0 Å². The van der Waals surface area contributed by atoms with Gasteiger partial charge in [-0.25, -0.2) is 0 Å². The standard InChI is InChI=1S/C8H16O2/c1-5-6(9)7(10)8(2,3)4/h5-7,9-10H,1H2,2-4H3. The predicted octanol–water partition coefficient (Wildman–Crippen LogP) is 0.940. The van der Waals surface area contributed by atoms with Crippen molar-refractivity contribution < 1.29 is 10.2 Å². The first-order chi connectivity index (χ1) is 4.39. The van der Waals surface area contributed by atoms with Crippen LogP contribution in [0.2, 0.25) is 0 Å². The average Bonchev–Trinajstić information content (AvgIpc) is 1.83. The molecule has 0 bridgehead atoms. The van der Waals surface area contributed by atoms with Gasteiger partial charge in [0.25, 0.3) is 0 Å². The van der Waals surface area contributed by atoms with Gasteiger partial charge in [-0.1, -0.05) is 26.8 Å². The third-order valence-corrected chi connectivity index (χ3v) is 1.45. The molecule has 0 rings (SSSR count). The predicted molar refractivity (Wildman–Crippen MR) is 41.7 cm³/mol. The summed E-state index contributed by atoms with van der Waals surface area (Å²) in [4.78, 5) is 0. The third-order valence-electron chi connectivity index (χ3n) is 1.45. The van der Waals surface area contributed by atoms with Crippen molar-refractivity contribution in [3.63, 3.8) is 0 Å². The maximum Gasteiger partial charge on any atom is 0.0982 e. The van der Waals surface area contributed by atoms with Gasteiger partial charge in [-0.05, 0) is 5.41 Å². The lowest BCUT2D eigenvalue weighted by molar-refractivity contribution is -0.0216. The Labute approximate surface area is 62.2 Å². The molecule has 0 fully saturated rings. The fourth-order valence-electron chi connectivity index (χ4n) is 0.641. The third kappa shape index (κ3) is 2.50. The van der Waals surface area contributed by atoms with Gasteiger partial charge in [-0.3, -0.25) is 0 Å². The highest BCUT2D eigenvalue weighted by Crippen LogP contribution is 2.21. The highest BCUT2D eigenvalue weighted by Gasteiger charge is 2.26. The van der Waals surface area contributed by atoms with E-state index in [0.717, 1.165) is 0 Å². The zero-order chi connectivity index (χ0) is 8.36. The van der Waals surface area contributed by atoms with Gasteiger partial charge < -0.3 is 10.2 Å². The van der Waals surface area contributed by atoms with E-state index >= 15 is 0 Å². The summed E-state index contributed by atoms with van der Waals surface area (Å²) >= 11 is 0. The van der Waals surface area contributed by atoms with Crippen molar-refractivity contribution in [1.82, 2.24) is 0 Å². The highest BCUT2D eigenvalue weighted by molar-refractivity contribution is 4.89. The summed E-state index contributed by atoms with van der Waals surface area (Å²) in [6.07, 6.45) is -0.208. The molecule has 10 heavy (non-hydrogen) atoms. The number of aliphatic hydroxyl groups is 2. The maximum atomic E-state index is 9.33. The van der Waals surface area contributed by atoms with E-state index in [2.05, 4.69) is 6.58 Å². The molecule has 0 amide bonds. The summed E-state index contributed by atoms with van der Waals surface area (Å²) in [6, 6.07) is 0. The van der Waals surface area contributed by atoms with Crippen LogP contribution in [0.25, 0.3) is 0 Å². The molecule has 2 nitrogen and oxygen atoms in total. The molecular weight excluding hydrogens is 128 g/mol. The van der Waals surface area contributed by atoms with Crippen LogP contribution in [0.15, 0.2) is 12.7 Å². The summed E-state index contributed by atoms with van der Waals surface area (Å²) in [6.45, 7) is 8.98. The second-order valence-electron chi connectivity index (χ2n) is 3.54. The van der Waals surface area contributed by atoms with Gasteiger partial charge in [0.1, 0.15) is 0 Å². The smallest absolute Gasteiger partial charge is 0.0982 e. The van der Waals surface area contributed by atoms with Crippen LogP contribution in [-0.2, 0) is 0 Å². The van der Waals surface area contributed by atoms with Crippen molar-refractivity contribution >= 4 is 0 Å². The Kier molecular flexibility index (Phi) is 3.06. The lowest BCUT2D eigenvalue weighted by Gasteiger charge is -2.28. The second-order valence-corrected chi connectivity index (χ2v) is 3.54. The monoisotopic (exact) mass is 144 g/mol. The lowest BCUT2D eigenvalue weighted by Crippen LogP contribution is -2.36. The molecule has 2 atom stereocenters. The molecule has 0 spiro atoms. The van der Waals surface area contributed by atoms with Crippen LogP contribution < -0.4 is 0 Å². The molecule has 0 saturated carbocycles. The van der Waals surface area contributed by atoms with Gasteiger partial charge in [0.2, 0.25) is 0 Å². The van der Waals surface area contributed by atoms with Gasteiger partial charge in [-0.2, -0.15) is 0 Å². The van der Waals surface area contributed by atoms with Crippen molar-refractivity contribution in [3.8, 4) is 0 Å². The number of hydrogen-bond acceptors (Lipinski definition) is 2. The van der Waals surface area contributed by atoms with Crippen molar-refractivity contribution in [1.29, 1.82) is 0 Å². The van der Waals surface area contributed by atoms with Crippen molar-refractivity contribution in [2.45, 2.75) is 33.0 Å². The molecule has 0 aromatic carbocycles. The summed E-state index contributed by atoms with van der Waals surface area (Å²) in [7, 11) is 0. The molecule has 0 aliphatic heterocycles. The summed E-state index contributed by atoms with van der Waals surface area (Å²) in [5, 5.41) is 18.4. The number of rotatable bonds is 2. The zero-order valence-electron chi connectivity index (χ0n) is 6.83. The SMILES string of the molecule is C=CC(O)C(O)C(C)(C)C. The molecule has 0 aliphatic carbocycles. The molecule has 60 valence electrons. The molecule has 0 aliphatic rings. The maximum absolute atomic E-state index is 9.33. The molecule has 0 aromatic heterocycles. The van der Waals surface area contributed by atoms with E-state index in [1.165, 1.54) is 6.08 Å². The quantitative estimate of drug-likeness (QED) is 0.566. The van der Waals surface area contributed by atoms with Gasteiger partial charge in [0, 0.05) is 0 Å². The Morgan fingerprint density at radius 2 is 1.70 bits per heavy atom. The minimum atomic E-state index is -0.819. The van der Waals surface area contributed by atoms with Gasteiger partial charge in [0.05, 0.1) is 12.2 Å². The van der Waals surface area contributed by atoms with Crippen LogP contribution in [0.4, 0.5) is 0 Å². The molecule has 2 heteroatoms. The van der Waals surface area contributed by atoms with Crippen molar-refractivity contribution in [3.05, 3.63) is 12.7 Å². The van der Waals surface area contributed by atoms with E-state index in [1.807, 2.05) is 20.8 Å². The van der Waals surface area contributed by atoms with Crippen LogP contribution in [0, 0.1) is 5.41 Å². The first-order valence-electron chi connectivity index (χ1n) is 3.38. The van der Waals surface area contributed by atoms with E-state index in [4.69, 9.17) is 5.11 Å². The van der Waals surface area contributed by atoms with E-state index < -0.39 is 12.2 Å². The van der Waals surface area contributed by atoms with Crippen LogP contribution in [0.3, 0.4) is 0 Å². The molecule has 2 N–H and O–H groups in total. The molecule has 0 heterocycles. The number of aliphatic hydroxyl groups excluding tert-OH is 2. The highest BCUT2D eigenvalue weighted by atomic mass is 16.3. The Morgan fingerprint density at radius 1 is 1.30 bits per heavy atom. The van der Waals surface area contributed by atoms with E-state index in [-0.39, 0.29) is 5.41 Å². The van der Waals surface area contributed by atoms with Crippen molar-refractivity contribution in [2.24, 2.45) is 5.41 Å². The Morgan fingerprint density at radius 3 is 1.80 bits per heavy atom. The Balaban J connectivity index is 4.07. The average molecular weight is 144 g/mol. The summed E-state index contributed by atoms with van der Waals surface area (Å²) in [5.41, 5.74) is -0.284. The fraction of sp³-hybridized carbons (Fsp3) is 0.750. The minimum absolute atomic E-state index is 0.284. The lowest BCUT2D eigenvalue weighted by atomic mass is 9.86. The fourth-order valence-corrected chi connectivity index (χ4v) is 0.641. The molecule has 0 radical (unpaired) electrons.